The van der Waals surface area contributed by atoms with Crippen LogP contribution in [0.1, 0.15) is 26.2 Å². The number of methoxy groups -OCH3 is 1. The second-order valence-electron chi connectivity index (χ2n) is 4.18. The molecule has 0 fully saturated rings. The Labute approximate surface area is 109 Å². The van der Waals surface area contributed by atoms with Gasteiger partial charge in [-0.3, -0.25) is 0 Å². The lowest BCUT2D eigenvalue weighted by Crippen LogP contribution is -2.13. The quantitative estimate of drug-likeness (QED) is 0.615. The molecule has 18 heavy (non-hydrogen) atoms. The first-order chi connectivity index (χ1) is 8.88. The summed E-state index contributed by atoms with van der Waals surface area (Å²) in [5.41, 5.74) is 0. The Morgan fingerprint density at radius 1 is 1.28 bits per heavy atom. The number of anilines is 1. The lowest BCUT2D eigenvalue weighted by molar-refractivity contribution is 0.126. The molecular formula is C13H25N3O2. The number of nitrogens with one attached hydrogen (secondary N) is 1. The van der Waals surface area contributed by atoms with Gasteiger partial charge in [-0.05, 0) is 12.8 Å². The van der Waals surface area contributed by atoms with Crippen LogP contribution in [0.4, 0.5) is 5.95 Å². The van der Waals surface area contributed by atoms with E-state index in [1.165, 1.54) is 6.42 Å². The zero-order chi connectivity index (χ0) is 13.1. The molecule has 0 atom stereocenters. The maximum absolute atomic E-state index is 5.54. The average molecular weight is 255 g/mol. The van der Waals surface area contributed by atoms with Crippen molar-refractivity contribution < 1.29 is 9.47 Å². The van der Waals surface area contributed by atoms with Gasteiger partial charge in [-0.2, -0.15) is 0 Å². The topological polar surface area (TPSA) is 48.3 Å². The van der Waals surface area contributed by atoms with Gasteiger partial charge in [0.25, 0.3) is 0 Å². The first-order valence-electron chi connectivity index (χ1n) is 6.70. The molecule has 0 saturated heterocycles. The molecule has 1 heterocycles. The van der Waals surface area contributed by atoms with E-state index in [1.807, 2.05) is 12.4 Å². The zero-order valence-electron chi connectivity index (χ0n) is 11.5. The first-order valence-corrected chi connectivity index (χ1v) is 6.70. The molecule has 0 aromatic carbocycles. The highest BCUT2D eigenvalue weighted by molar-refractivity contribution is 5.25. The van der Waals surface area contributed by atoms with Gasteiger partial charge in [0.05, 0.1) is 6.61 Å². The summed E-state index contributed by atoms with van der Waals surface area (Å²) < 4.78 is 12.6. The van der Waals surface area contributed by atoms with E-state index in [1.54, 1.807) is 7.11 Å². The number of rotatable bonds is 11. The third kappa shape index (κ3) is 6.02. The largest absolute Gasteiger partial charge is 0.383 e. The predicted octanol–water partition coefficient (Wildman–Crippen LogP) is 2.15. The SMILES string of the molecule is CCCCOCCCn1ccnc1NCCOC. The van der Waals surface area contributed by atoms with Gasteiger partial charge in [-0.1, -0.05) is 13.3 Å². The smallest absolute Gasteiger partial charge is 0.202 e. The normalized spacial score (nSPS) is 10.8. The number of ether oxygens (including phenoxy) is 2. The molecule has 0 amide bonds. The highest BCUT2D eigenvalue weighted by Gasteiger charge is 2.01. The van der Waals surface area contributed by atoms with Gasteiger partial charge in [0.1, 0.15) is 0 Å². The van der Waals surface area contributed by atoms with Crippen LogP contribution in [0.25, 0.3) is 0 Å². The van der Waals surface area contributed by atoms with E-state index in [-0.39, 0.29) is 0 Å². The van der Waals surface area contributed by atoms with E-state index in [0.29, 0.717) is 6.61 Å². The third-order valence-corrected chi connectivity index (χ3v) is 2.63. The standard InChI is InChI=1S/C13H25N3O2/c1-3-4-10-18-11-5-8-16-9-6-14-13(16)15-7-12-17-2/h6,9H,3-5,7-8,10-12H2,1-2H3,(H,14,15). The molecule has 1 aromatic heterocycles. The van der Waals surface area contributed by atoms with E-state index in [9.17, 15) is 0 Å². The minimum atomic E-state index is 0.687. The Morgan fingerprint density at radius 2 is 2.11 bits per heavy atom. The van der Waals surface area contributed by atoms with Crippen LogP contribution in [-0.4, -0.2) is 43.0 Å². The highest BCUT2D eigenvalue weighted by atomic mass is 16.5. The summed E-state index contributed by atoms with van der Waals surface area (Å²) in [5.74, 6) is 0.903. The predicted molar refractivity (Wildman–Crippen MR) is 72.9 cm³/mol. The molecule has 5 heteroatoms. The second-order valence-corrected chi connectivity index (χ2v) is 4.18. The van der Waals surface area contributed by atoms with Crippen molar-refractivity contribution in [2.45, 2.75) is 32.7 Å². The fraction of sp³-hybridized carbons (Fsp3) is 0.769. The number of hydrogen-bond acceptors (Lipinski definition) is 4. The Bertz CT molecular complexity index is 302. The Balaban J connectivity index is 2.15. The molecule has 0 aliphatic carbocycles. The fourth-order valence-corrected chi connectivity index (χ4v) is 1.61. The maximum atomic E-state index is 5.54. The lowest BCUT2D eigenvalue weighted by Gasteiger charge is -2.09. The molecule has 0 aliphatic heterocycles. The Morgan fingerprint density at radius 3 is 2.89 bits per heavy atom. The van der Waals surface area contributed by atoms with Crippen molar-refractivity contribution in [2.75, 3.05) is 38.8 Å². The summed E-state index contributed by atoms with van der Waals surface area (Å²) in [6.45, 7) is 6.26. The first kappa shape index (κ1) is 15.0. The number of hydrogen-bond donors (Lipinski definition) is 1. The number of nitrogens with zero attached hydrogens (tertiary/aromatic N) is 2. The third-order valence-electron chi connectivity index (χ3n) is 2.63. The van der Waals surface area contributed by atoms with Gasteiger partial charge >= 0.3 is 0 Å². The minimum Gasteiger partial charge on any atom is -0.383 e. The maximum Gasteiger partial charge on any atom is 0.202 e. The van der Waals surface area contributed by atoms with Crippen LogP contribution < -0.4 is 5.32 Å². The number of aromatic nitrogens is 2. The van der Waals surface area contributed by atoms with E-state index >= 15 is 0 Å². The Kier molecular flexibility index (Phi) is 8.25. The molecular weight excluding hydrogens is 230 g/mol. The van der Waals surface area contributed by atoms with Crippen LogP contribution in [0.2, 0.25) is 0 Å². The van der Waals surface area contributed by atoms with Crippen LogP contribution >= 0.6 is 0 Å². The van der Waals surface area contributed by atoms with Crippen LogP contribution in [0.3, 0.4) is 0 Å². The number of aryl methyl sites for hydroxylation is 1. The summed E-state index contributed by atoms with van der Waals surface area (Å²) in [6.07, 6.45) is 7.15. The fourth-order valence-electron chi connectivity index (χ4n) is 1.61. The second kappa shape index (κ2) is 9.91. The molecule has 0 radical (unpaired) electrons. The number of imidazole rings is 1. The van der Waals surface area contributed by atoms with Gasteiger partial charge in [0.2, 0.25) is 5.95 Å². The number of unbranched alkanes of at least 4 members (excludes halogenated alkanes) is 1. The van der Waals surface area contributed by atoms with Crippen molar-refractivity contribution in [1.82, 2.24) is 9.55 Å². The van der Waals surface area contributed by atoms with E-state index < -0.39 is 0 Å². The summed E-state index contributed by atoms with van der Waals surface area (Å²) in [4.78, 5) is 4.27. The van der Waals surface area contributed by atoms with Crippen molar-refractivity contribution in [2.24, 2.45) is 0 Å². The average Bonchev–Trinajstić information content (AvgIpc) is 2.82. The minimum absolute atomic E-state index is 0.687. The van der Waals surface area contributed by atoms with E-state index in [4.69, 9.17) is 9.47 Å². The molecule has 0 bridgehead atoms. The van der Waals surface area contributed by atoms with Crippen molar-refractivity contribution in [3.63, 3.8) is 0 Å². The highest BCUT2D eigenvalue weighted by Crippen LogP contribution is 2.05. The summed E-state index contributed by atoms with van der Waals surface area (Å²) >= 11 is 0. The van der Waals surface area contributed by atoms with Gasteiger partial charge in [-0.15, -0.1) is 0 Å². The van der Waals surface area contributed by atoms with Crippen molar-refractivity contribution in [3.8, 4) is 0 Å². The molecule has 5 nitrogen and oxygen atoms in total. The summed E-state index contributed by atoms with van der Waals surface area (Å²) in [7, 11) is 1.70. The summed E-state index contributed by atoms with van der Waals surface area (Å²) in [5, 5.41) is 3.24. The molecule has 0 unspecified atom stereocenters. The molecule has 0 saturated carbocycles. The molecule has 0 aliphatic rings. The monoisotopic (exact) mass is 255 g/mol. The van der Waals surface area contributed by atoms with Crippen molar-refractivity contribution >= 4 is 5.95 Å². The molecule has 1 aromatic rings. The zero-order valence-corrected chi connectivity index (χ0v) is 11.5. The van der Waals surface area contributed by atoms with Crippen LogP contribution in [0.15, 0.2) is 12.4 Å². The van der Waals surface area contributed by atoms with E-state index in [2.05, 4.69) is 21.8 Å². The Hall–Kier alpha value is -1.07. The summed E-state index contributed by atoms with van der Waals surface area (Å²) in [6, 6.07) is 0. The molecule has 104 valence electrons. The van der Waals surface area contributed by atoms with E-state index in [0.717, 1.165) is 45.1 Å². The van der Waals surface area contributed by atoms with Gasteiger partial charge in [-0.25, -0.2) is 4.98 Å². The van der Waals surface area contributed by atoms with Crippen LogP contribution in [0, 0.1) is 0 Å². The van der Waals surface area contributed by atoms with Gasteiger partial charge < -0.3 is 19.4 Å². The van der Waals surface area contributed by atoms with Crippen LogP contribution in [-0.2, 0) is 16.0 Å². The van der Waals surface area contributed by atoms with Gasteiger partial charge in [0, 0.05) is 45.8 Å². The van der Waals surface area contributed by atoms with Crippen molar-refractivity contribution in [1.29, 1.82) is 0 Å². The molecule has 1 N–H and O–H groups in total. The van der Waals surface area contributed by atoms with Gasteiger partial charge in [0.15, 0.2) is 0 Å². The lowest BCUT2D eigenvalue weighted by atomic mass is 10.4. The van der Waals surface area contributed by atoms with Crippen LogP contribution in [0.5, 0.6) is 0 Å². The molecule has 1 rings (SSSR count). The molecule has 0 spiro atoms. The van der Waals surface area contributed by atoms with Crippen molar-refractivity contribution in [3.05, 3.63) is 12.4 Å².